The van der Waals surface area contributed by atoms with Crippen LogP contribution in [-0.4, -0.2) is 35.5 Å². The van der Waals surface area contributed by atoms with E-state index in [4.69, 9.17) is 14.5 Å². The maximum absolute atomic E-state index is 13.4. The molecule has 8 nitrogen and oxygen atoms in total. The number of anilines is 1. The van der Waals surface area contributed by atoms with E-state index in [1.165, 1.54) is 18.0 Å². The quantitative estimate of drug-likeness (QED) is 0.209. The van der Waals surface area contributed by atoms with E-state index in [2.05, 4.69) is 49.2 Å². The molecule has 1 aromatic heterocycles. The molecule has 1 amide bonds. The second-order valence-corrected chi connectivity index (χ2v) is 10.2. The van der Waals surface area contributed by atoms with E-state index in [1.54, 1.807) is 30.3 Å². The fraction of sp³-hybridized carbons (Fsp3) is 0.214. The summed E-state index contributed by atoms with van der Waals surface area (Å²) in [5, 5.41) is 7.77. The average molecular weight is 642 g/mol. The molecule has 0 aliphatic carbocycles. The number of para-hydroxylation sites is 1. The van der Waals surface area contributed by atoms with Crippen molar-refractivity contribution < 1.29 is 14.3 Å². The van der Waals surface area contributed by atoms with Gasteiger partial charge in [-0.05, 0) is 48.9 Å². The van der Waals surface area contributed by atoms with Gasteiger partial charge in [-0.15, -0.1) is 0 Å². The number of carbonyl (C=O) groups is 1. The monoisotopic (exact) mass is 640 g/mol. The van der Waals surface area contributed by atoms with Crippen molar-refractivity contribution in [2.45, 2.75) is 26.2 Å². The van der Waals surface area contributed by atoms with Crippen LogP contribution >= 0.6 is 31.9 Å². The molecule has 0 spiro atoms. The van der Waals surface area contributed by atoms with Gasteiger partial charge in [0.05, 0.1) is 24.2 Å². The molecule has 0 aliphatic heterocycles. The lowest BCUT2D eigenvalue weighted by Crippen LogP contribution is -2.23. The minimum Gasteiger partial charge on any atom is -0.493 e. The number of benzene rings is 3. The molecule has 0 aliphatic rings. The number of hydrogen-bond acceptors (Lipinski definition) is 6. The number of fused-ring (bicyclic) bond motifs is 1. The predicted octanol–water partition coefficient (Wildman–Crippen LogP) is 6.17. The van der Waals surface area contributed by atoms with Crippen LogP contribution in [0.2, 0.25) is 0 Å². The zero-order valence-electron chi connectivity index (χ0n) is 20.9. The van der Waals surface area contributed by atoms with E-state index in [0.717, 1.165) is 21.8 Å². The Labute approximate surface area is 236 Å². The number of nitrogens with one attached hydrogen (secondary N) is 1. The van der Waals surface area contributed by atoms with Gasteiger partial charge in [0.2, 0.25) is 0 Å². The Balaban J connectivity index is 1.69. The Bertz CT molecular complexity index is 1540. The van der Waals surface area contributed by atoms with Crippen LogP contribution < -0.4 is 20.3 Å². The van der Waals surface area contributed by atoms with Crippen LogP contribution in [0, 0.1) is 0 Å². The van der Waals surface area contributed by atoms with Crippen LogP contribution in [-0.2, 0) is 11.2 Å². The summed E-state index contributed by atoms with van der Waals surface area (Å²) in [6.45, 7) is 1.83. The highest BCUT2D eigenvalue weighted by molar-refractivity contribution is 9.10. The summed E-state index contributed by atoms with van der Waals surface area (Å²) in [5.74, 6) is 0.968. The number of rotatable bonds is 10. The van der Waals surface area contributed by atoms with Gasteiger partial charge in [-0.3, -0.25) is 9.59 Å². The standard InChI is InChI=1S/C28H26Br2N4O4/c1-3-4-10-25-33-23-12-11-19(29)14-22(23)28(36)34(25)31-16-18-13-20(30)15-24(37-2)27(18)38-17-26(35)32-21-8-6-5-7-9-21/h5-9,11-16H,3-4,10,17H2,1-2H3,(H,32,35). The number of unbranched alkanes of at least 4 members (excludes halogenated alkanes) is 1. The lowest BCUT2D eigenvalue weighted by Gasteiger charge is -2.14. The van der Waals surface area contributed by atoms with Crippen molar-refractivity contribution in [1.29, 1.82) is 0 Å². The van der Waals surface area contributed by atoms with Gasteiger partial charge in [0.15, 0.2) is 18.1 Å². The van der Waals surface area contributed by atoms with Crippen LogP contribution in [0.1, 0.15) is 31.2 Å². The van der Waals surface area contributed by atoms with Crippen molar-refractivity contribution in [3.8, 4) is 11.5 Å². The Morgan fingerprint density at radius 1 is 1.11 bits per heavy atom. The number of carbonyl (C=O) groups excluding carboxylic acids is 1. The highest BCUT2D eigenvalue weighted by Crippen LogP contribution is 2.34. The van der Waals surface area contributed by atoms with Crippen LogP contribution in [0.25, 0.3) is 10.9 Å². The topological polar surface area (TPSA) is 94.8 Å². The molecule has 4 aromatic rings. The third kappa shape index (κ3) is 6.68. The molecule has 10 heteroatoms. The lowest BCUT2D eigenvalue weighted by atomic mass is 10.2. The van der Waals surface area contributed by atoms with E-state index in [1.807, 2.05) is 30.3 Å². The van der Waals surface area contributed by atoms with Gasteiger partial charge >= 0.3 is 0 Å². The minimum absolute atomic E-state index is 0.249. The van der Waals surface area contributed by atoms with E-state index in [9.17, 15) is 9.59 Å². The van der Waals surface area contributed by atoms with Gasteiger partial charge < -0.3 is 14.8 Å². The average Bonchev–Trinajstić information content (AvgIpc) is 2.91. The maximum Gasteiger partial charge on any atom is 0.282 e. The van der Waals surface area contributed by atoms with E-state index >= 15 is 0 Å². The first-order chi connectivity index (χ1) is 18.4. The van der Waals surface area contributed by atoms with Gasteiger partial charge in [0.1, 0.15) is 5.82 Å². The fourth-order valence-electron chi connectivity index (χ4n) is 3.78. The molecule has 1 heterocycles. The number of halogens is 2. The van der Waals surface area contributed by atoms with Crippen molar-refractivity contribution in [1.82, 2.24) is 9.66 Å². The van der Waals surface area contributed by atoms with E-state index in [0.29, 0.717) is 45.9 Å². The molecule has 0 saturated carbocycles. The third-order valence-corrected chi connectivity index (χ3v) is 6.57. The summed E-state index contributed by atoms with van der Waals surface area (Å²) in [6.07, 6.45) is 3.92. The molecule has 0 unspecified atom stereocenters. The van der Waals surface area contributed by atoms with Crippen molar-refractivity contribution in [2.24, 2.45) is 5.10 Å². The molecule has 196 valence electrons. The number of methoxy groups -OCH3 is 1. The second kappa shape index (κ2) is 12.8. The van der Waals surface area contributed by atoms with Gasteiger partial charge in [-0.1, -0.05) is 63.4 Å². The Hall–Kier alpha value is -3.50. The smallest absolute Gasteiger partial charge is 0.282 e. The fourth-order valence-corrected chi connectivity index (χ4v) is 4.59. The van der Waals surface area contributed by atoms with Gasteiger partial charge in [-0.25, -0.2) is 4.98 Å². The van der Waals surface area contributed by atoms with Gasteiger partial charge in [0.25, 0.3) is 11.5 Å². The molecule has 4 rings (SSSR count). The lowest BCUT2D eigenvalue weighted by molar-refractivity contribution is -0.118. The van der Waals surface area contributed by atoms with Crippen molar-refractivity contribution >= 4 is 60.6 Å². The van der Waals surface area contributed by atoms with Crippen LogP contribution in [0.15, 0.2) is 79.5 Å². The van der Waals surface area contributed by atoms with Gasteiger partial charge in [-0.2, -0.15) is 9.78 Å². The van der Waals surface area contributed by atoms with Crippen molar-refractivity contribution in [3.63, 3.8) is 0 Å². The minimum atomic E-state index is -0.327. The van der Waals surface area contributed by atoms with Crippen LogP contribution in [0.5, 0.6) is 11.5 Å². The predicted molar refractivity (Wildman–Crippen MR) is 157 cm³/mol. The second-order valence-electron chi connectivity index (χ2n) is 8.38. The van der Waals surface area contributed by atoms with E-state index in [-0.39, 0.29) is 18.1 Å². The molecule has 1 N–H and O–H groups in total. The summed E-state index contributed by atoms with van der Waals surface area (Å²) < 4.78 is 14.2. The highest BCUT2D eigenvalue weighted by Gasteiger charge is 2.15. The number of aryl methyl sites for hydroxylation is 1. The molecular formula is C28H26Br2N4O4. The largest absolute Gasteiger partial charge is 0.493 e. The zero-order valence-corrected chi connectivity index (χ0v) is 24.1. The first kappa shape index (κ1) is 27.5. The summed E-state index contributed by atoms with van der Waals surface area (Å²) in [6, 6.07) is 18.0. The summed E-state index contributed by atoms with van der Waals surface area (Å²) >= 11 is 6.91. The van der Waals surface area contributed by atoms with Crippen molar-refractivity contribution in [2.75, 3.05) is 19.0 Å². The number of hydrogen-bond donors (Lipinski definition) is 1. The number of aromatic nitrogens is 2. The first-order valence-corrected chi connectivity index (χ1v) is 13.6. The first-order valence-electron chi connectivity index (χ1n) is 12.0. The number of nitrogens with zero attached hydrogens (tertiary/aromatic N) is 3. The summed E-state index contributed by atoms with van der Waals surface area (Å²) in [4.78, 5) is 30.6. The third-order valence-electron chi connectivity index (χ3n) is 5.62. The highest BCUT2D eigenvalue weighted by atomic mass is 79.9. The summed E-state index contributed by atoms with van der Waals surface area (Å²) in [5.41, 5.74) is 1.53. The van der Waals surface area contributed by atoms with Crippen molar-refractivity contribution in [3.05, 3.63) is 91.4 Å². The molecule has 3 aromatic carbocycles. The SMILES string of the molecule is CCCCc1nc2ccc(Br)cc2c(=O)n1N=Cc1cc(Br)cc(OC)c1OCC(=O)Nc1ccccc1. The van der Waals surface area contributed by atoms with Crippen LogP contribution in [0.3, 0.4) is 0 Å². The Morgan fingerprint density at radius 2 is 1.89 bits per heavy atom. The number of amides is 1. The molecule has 0 fully saturated rings. The normalized spacial score (nSPS) is 11.2. The molecule has 0 bridgehead atoms. The molecular weight excluding hydrogens is 616 g/mol. The molecule has 38 heavy (non-hydrogen) atoms. The maximum atomic E-state index is 13.4. The molecule has 0 atom stereocenters. The summed E-state index contributed by atoms with van der Waals surface area (Å²) in [7, 11) is 1.51. The zero-order chi connectivity index (χ0) is 27.1. The molecule has 0 radical (unpaired) electrons. The Morgan fingerprint density at radius 3 is 2.63 bits per heavy atom. The van der Waals surface area contributed by atoms with Gasteiger partial charge in [0, 0.05) is 26.6 Å². The van der Waals surface area contributed by atoms with Crippen LogP contribution in [0.4, 0.5) is 5.69 Å². The number of ether oxygens (including phenoxy) is 2. The Kier molecular flexibility index (Phi) is 9.30. The molecule has 0 saturated heterocycles. The van der Waals surface area contributed by atoms with E-state index < -0.39 is 0 Å².